The second-order valence-corrected chi connectivity index (χ2v) is 11.9. The van der Waals surface area contributed by atoms with E-state index in [1.807, 2.05) is 30.3 Å². The third-order valence-corrected chi connectivity index (χ3v) is 8.66. The molecule has 5 rings (SSSR count). The van der Waals surface area contributed by atoms with Gasteiger partial charge in [0.15, 0.2) is 11.5 Å². The lowest BCUT2D eigenvalue weighted by atomic mass is 9.90. The van der Waals surface area contributed by atoms with Gasteiger partial charge in [-0.3, -0.25) is 9.69 Å². The number of carbonyl (C=O) groups is 2. The summed E-state index contributed by atoms with van der Waals surface area (Å²) in [5, 5.41) is 30.2. The molecule has 0 amide bonds. The lowest BCUT2D eigenvalue weighted by Crippen LogP contribution is -2.53. The van der Waals surface area contributed by atoms with E-state index in [2.05, 4.69) is 0 Å². The van der Waals surface area contributed by atoms with E-state index < -0.39 is 41.9 Å². The van der Waals surface area contributed by atoms with E-state index in [0.29, 0.717) is 41.2 Å². The molecule has 1 fully saturated rings. The van der Waals surface area contributed by atoms with Crippen molar-refractivity contribution in [3.05, 3.63) is 89.1 Å². The number of nitrogens with zero attached hydrogens (tertiary/aromatic N) is 2. The molecule has 4 aromatic rings. The average Bonchev–Trinajstić information content (AvgIpc) is 3.42. The Morgan fingerprint density at radius 1 is 0.917 bits per heavy atom. The molecule has 256 valence electrons. The van der Waals surface area contributed by atoms with E-state index in [1.165, 1.54) is 43.5 Å². The molecule has 1 saturated heterocycles. The van der Waals surface area contributed by atoms with Crippen molar-refractivity contribution in [2.75, 3.05) is 33.9 Å². The molecule has 0 saturated carbocycles. The Kier molecular flexibility index (Phi) is 10.2. The fourth-order valence-electron chi connectivity index (χ4n) is 6.12. The first-order valence-corrected chi connectivity index (χ1v) is 15.4. The highest BCUT2D eigenvalue weighted by Crippen LogP contribution is 2.45. The van der Waals surface area contributed by atoms with Crippen LogP contribution in [0.2, 0.25) is 0 Å². The van der Waals surface area contributed by atoms with Gasteiger partial charge in [-0.25, -0.2) is 4.79 Å². The minimum Gasteiger partial charge on any atom is -0.493 e. The van der Waals surface area contributed by atoms with Gasteiger partial charge in [-0.2, -0.15) is 13.2 Å². The van der Waals surface area contributed by atoms with Gasteiger partial charge in [0.05, 0.1) is 19.8 Å². The highest BCUT2D eigenvalue weighted by atomic mass is 19.4. The van der Waals surface area contributed by atoms with E-state index >= 15 is 0 Å². The summed E-state index contributed by atoms with van der Waals surface area (Å²) >= 11 is 0. The van der Waals surface area contributed by atoms with Gasteiger partial charge in [0.25, 0.3) is 0 Å². The summed E-state index contributed by atoms with van der Waals surface area (Å²) in [5.41, 5.74) is -2.05. The number of methoxy groups -OCH3 is 2. The van der Waals surface area contributed by atoms with Crippen LogP contribution in [0.25, 0.3) is 10.9 Å². The number of aliphatic hydroxyl groups is 1. The van der Waals surface area contributed by atoms with Crippen molar-refractivity contribution in [3.8, 4) is 17.2 Å². The summed E-state index contributed by atoms with van der Waals surface area (Å²) in [7, 11) is 2.89. The largest absolute Gasteiger partial charge is 0.493 e. The first-order valence-electron chi connectivity index (χ1n) is 15.4. The molecule has 3 N–H and O–H groups in total. The zero-order chi connectivity index (χ0) is 34.6. The van der Waals surface area contributed by atoms with Crippen molar-refractivity contribution < 1.29 is 52.3 Å². The zero-order valence-corrected chi connectivity index (χ0v) is 26.5. The van der Waals surface area contributed by atoms with Gasteiger partial charge in [0, 0.05) is 55.3 Å². The summed E-state index contributed by atoms with van der Waals surface area (Å²) in [6, 6.07) is 16.4. The number of aromatic nitrogens is 1. The lowest BCUT2D eigenvalue weighted by molar-refractivity contribution is -0.272. The molecular formula is C35H37F3N2O8. The van der Waals surface area contributed by atoms with Crippen LogP contribution in [-0.2, 0) is 23.4 Å². The second kappa shape index (κ2) is 14.2. The smallest absolute Gasteiger partial charge is 0.422 e. The van der Waals surface area contributed by atoms with Gasteiger partial charge < -0.3 is 34.1 Å². The molecule has 13 heteroatoms. The van der Waals surface area contributed by atoms with Crippen LogP contribution < -0.4 is 14.2 Å². The number of hydrogen-bond acceptors (Lipinski definition) is 7. The maximum Gasteiger partial charge on any atom is 0.422 e. The standard InChI is InChI=1S/C35H37F3N2O8/c1-46-29-16-23(8-11-31(41)42)17-30(47-2)32(29)48-25-12-14-39(15-13-25)21-34(45,35(36,37)38)27-20-40(19-22-6-4-3-5-7-22)28-10-9-24(33(43)44)18-26(27)28/h3-7,9-10,16-18,20,25,45H,8,11-15,19,21H2,1-2H3,(H,41,42)(H,43,44). The number of carboxylic acids is 2. The maximum atomic E-state index is 14.9. The van der Waals surface area contributed by atoms with Gasteiger partial charge >= 0.3 is 18.1 Å². The molecule has 0 bridgehead atoms. The van der Waals surface area contributed by atoms with Crippen molar-refractivity contribution in [2.45, 2.75) is 50.1 Å². The lowest BCUT2D eigenvalue weighted by Gasteiger charge is -2.39. The summed E-state index contributed by atoms with van der Waals surface area (Å²) < 4.78 is 63.6. The monoisotopic (exact) mass is 670 g/mol. The first kappa shape index (κ1) is 34.6. The number of aromatic carboxylic acids is 1. The molecule has 1 aliphatic heterocycles. The number of hydrogen-bond donors (Lipinski definition) is 3. The Morgan fingerprint density at radius 3 is 2.12 bits per heavy atom. The maximum absolute atomic E-state index is 14.9. The number of fused-ring (bicyclic) bond motifs is 1. The number of aryl methyl sites for hydroxylation is 1. The molecule has 3 aromatic carbocycles. The number of likely N-dealkylation sites (tertiary alicyclic amines) is 1. The Morgan fingerprint density at radius 2 is 1.56 bits per heavy atom. The van der Waals surface area contributed by atoms with Crippen LogP contribution >= 0.6 is 0 Å². The van der Waals surface area contributed by atoms with Crippen molar-refractivity contribution >= 4 is 22.8 Å². The fraction of sp³-hybridized carbons (Fsp3) is 0.371. The Balaban J connectivity index is 1.39. The Bertz CT molecular complexity index is 1740. The number of ether oxygens (including phenoxy) is 3. The normalized spacial score (nSPS) is 15.6. The second-order valence-electron chi connectivity index (χ2n) is 11.9. The Hall–Kier alpha value is -4.75. The number of halogens is 3. The van der Waals surface area contributed by atoms with Gasteiger partial charge in [-0.15, -0.1) is 0 Å². The predicted octanol–water partition coefficient (Wildman–Crippen LogP) is 5.72. The van der Waals surface area contributed by atoms with Gasteiger partial charge in [-0.05, 0) is 60.7 Å². The fourth-order valence-corrected chi connectivity index (χ4v) is 6.12. The number of benzene rings is 3. The van der Waals surface area contributed by atoms with Crippen LogP contribution in [0.15, 0.2) is 66.9 Å². The topological polar surface area (TPSA) is 131 Å². The molecular weight excluding hydrogens is 633 g/mol. The van der Waals surface area contributed by atoms with Crippen LogP contribution in [0.1, 0.15) is 46.3 Å². The average molecular weight is 671 g/mol. The Labute approximate surface area is 274 Å². The van der Waals surface area contributed by atoms with Gasteiger partial charge in [-0.1, -0.05) is 30.3 Å². The van der Waals surface area contributed by atoms with Crippen LogP contribution in [-0.4, -0.2) is 82.9 Å². The third kappa shape index (κ3) is 7.37. The van der Waals surface area contributed by atoms with Crippen molar-refractivity contribution in [1.82, 2.24) is 9.47 Å². The number of rotatable bonds is 13. The minimum absolute atomic E-state index is 0.00914. The molecule has 10 nitrogen and oxygen atoms in total. The van der Waals surface area contributed by atoms with E-state index in [4.69, 9.17) is 19.3 Å². The SMILES string of the molecule is COc1cc(CCC(=O)O)cc(OC)c1OC1CCN(CC(O)(c2cn(Cc3ccccc3)c3ccc(C(=O)O)cc23)C(F)(F)F)CC1. The van der Waals surface area contributed by atoms with Crippen molar-refractivity contribution in [2.24, 2.45) is 0 Å². The summed E-state index contributed by atoms with van der Waals surface area (Å²) in [5.74, 6) is -1.24. The van der Waals surface area contributed by atoms with E-state index in [0.717, 1.165) is 5.56 Å². The third-order valence-electron chi connectivity index (χ3n) is 8.66. The highest BCUT2D eigenvalue weighted by Gasteiger charge is 2.57. The van der Waals surface area contributed by atoms with Crippen LogP contribution in [0, 0.1) is 0 Å². The van der Waals surface area contributed by atoms with Crippen LogP contribution in [0.4, 0.5) is 13.2 Å². The number of aliphatic carboxylic acids is 1. The molecule has 1 unspecified atom stereocenters. The molecule has 1 atom stereocenters. The zero-order valence-electron chi connectivity index (χ0n) is 26.5. The van der Waals surface area contributed by atoms with E-state index in [-0.39, 0.29) is 43.4 Å². The van der Waals surface area contributed by atoms with Crippen LogP contribution in [0.3, 0.4) is 0 Å². The summed E-state index contributed by atoms with van der Waals surface area (Å²) in [4.78, 5) is 24.3. The molecule has 0 radical (unpaired) electrons. The number of carboxylic acid groups (broad SMARTS) is 2. The summed E-state index contributed by atoms with van der Waals surface area (Å²) in [6.45, 7) is -0.204. The minimum atomic E-state index is -5.09. The highest BCUT2D eigenvalue weighted by molar-refractivity contribution is 5.95. The van der Waals surface area contributed by atoms with Crippen LogP contribution in [0.5, 0.6) is 17.2 Å². The van der Waals surface area contributed by atoms with E-state index in [9.17, 15) is 33.0 Å². The number of β-amino-alcohol motifs (C(OH)–C–C–N with tert-alkyl or cyclic N) is 1. The number of piperidine rings is 1. The molecule has 0 aliphatic carbocycles. The number of alkyl halides is 3. The molecule has 2 heterocycles. The quantitative estimate of drug-likeness (QED) is 0.164. The molecule has 48 heavy (non-hydrogen) atoms. The van der Waals surface area contributed by atoms with Gasteiger partial charge in [0.1, 0.15) is 6.10 Å². The first-order chi connectivity index (χ1) is 22.8. The molecule has 1 aromatic heterocycles. The predicted molar refractivity (Wildman–Crippen MR) is 170 cm³/mol. The van der Waals surface area contributed by atoms with Crippen molar-refractivity contribution in [1.29, 1.82) is 0 Å². The molecule has 0 spiro atoms. The van der Waals surface area contributed by atoms with E-state index in [1.54, 1.807) is 16.7 Å². The summed E-state index contributed by atoms with van der Waals surface area (Å²) in [6.07, 6.45) is -3.38. The molecule has 1 aliphatic rings. The van der Waals surface area contributed by atoms with Crippen molar-refractivity contribution in [3.63, 3.8) is 0 Å². The van der Waals surface area contributed by atoms with Gasteiger partial charge in [0.2, 0.25) is 11.4 Å².